The number of ether oxygens (including phenoxy) is 1. The van der Waals surface area contributed by atoms with Crippen LogP contribution in [-0.4, -0.2) is 23.4 Å². The Morgan fingerprint density at radius 2 is 2.21 bits per heavy atom. The molecule has 2 rings (SSSR count). The van der Waals surface area contributed by atoms with Gasteiger partial charge in [0.15, 0.2) is 11.6 Å². The SMILES string of the molecule is COc1ccc(-c2[nH]n(C)c(=O)c2CCN)cc1F. The summed E-state index contributed by atoms with van der Waals surface area (Å²) < 4.78 is 19.9. The van der Waals surface area contributed by atoms with Gasteiger partial charge in [-0.2, -0.15) is 0 Å². The van der Waals surface area contributed by atoms with E-state index in [-0.39, 0.29) is 11.3 Å². The van der Waals surface area contributed by atoms with E-state index in [4.69, 9.17) is 10.5 Å². The Labute approximate surface area is 109 Å². The van der Waals surface area contributed by atoms with Gasteiger partial charge in [-0.05, 0) is 31.2 Å². The summed E-state index contributed by atoms with van der Waals surface area (Å²) in [5.74, 6) is -0.300. The van der Waals surface area contributed by atoms with Gasteiger partial charge in [0.2, 0.25) is 0 Å². The topological polar surface area (TPSA) is 73.0 Å². The summed E-state index contributed by atoms with van der Waals surface area (Å²) >= 11 is 0. The molecule has 0 atom stereocenters. The van der Waals surface area contributed by atoms with Crippen molar-refractivity contribution in [1.82, 2.24) is 9.78 Å². The van der Waals surface area contributed by atoms with Gasteiger partial charge in [-0.25, -0.2) is 4.39 Å². The highest BCUT2D eigenvalue weighted by molar-refractivity contribution is 5.63. The average molecular weight is 265 g/mol. The highest BCUT2D eigenvalue weighted by Crippen LogP contribution is 2.25. The normalized spacial score (nSPS) is 10.7. The van der Waals surface area contributed by atoms with Gasteiger partial charge in [-0.1, -0.05) is 0 Å². The minimum absolute atomic E-state index is 0.142. The van der Waals surface area contributed by atoms with Crippen molar-refractivity contribution in [2.45, 2.75) is 6.42 Å². The van der Waals surface area contributed by atoms with Crippen LogP contribution < -0.4 is 16.0 Å². The first-order valence-electron chi connectivity index (χ1n) is 5.90. The number of methoxy groups -OCH3 is 1. The molecule has 0 bridgehead atoms. The number of nitrogens with two attached hydrogens (primary N) is 1. The van der Waals surface area contributed by atoms with Crippen LogP contribution in [0.15, 0.2) is 23.0 Å². The Morgan fingerprint density at radius 3 is 2.79 bits per heavy atom. The molecule has 1 heterocycles. The number of hydrogen-bond acceptors (Lipinski definition) is 3. The molecule has 6 heteroatoms. The number of nitrogens with one attached hydrogen (secondary N) is 1. The Hall–Kier alpha value is -2.08. The summed E-state index contributed by atoms with van der Waals surface area (Å²) in [4.78, 5) is 11.9. The predicted octanol–water partition coefficient (Wildman–Crippen LogP) is 1.03. The summed E-state index contributed by atoms with van der Waals surface area (Å²) in [6.07, 6.45) is 0.444. The zero-order chi connectivity index (χ0) is 14.0. The fourth-order valence-corrected chi connectivity index (χ4v) is 2.03. The highest BCUT2D eigenvalue weighted by Gasteiger charge is 2.15. The van der Waals surface area contributed by atoms with Crippen LogP contribution in [0, 0.1) is 5.82 Å². The van der Waals surface area contributed by atoms with Gasteiger partial charge in [0.25, 0.3) is 5.56 Å². The molecule has 0 saturated carbocycles. The lowest BCUT2D eigenvalue weighted by Gasteiger charge is -2.05. The molecule has 0 amide bonds. The van der Waals surface area contributed by atoms with E-state index < -0.39 is 5.82 Å². The molecule has 1 aromatic heterocycles. The number of aromatic nitrogens is 2. The molecule has 5 nitrogen and oxygen atoms in total. The van der Waals surface area contributed by atoms with Crippen LogP contribution in [-0.2, 0) is 13.5 Å². The van der Waals surface area contributed by atoms with Crippen molar-refractivity contribution in [2.24, 2.45) is 12.8 Å². The van der Waals surface area contributed by atoms with Crippen molar-refractivity contribution in [2.75, 3.05) is 13.7 Å². The van der Waals surface area contributed by atoms with Crippen molar-refractivity contribution in [3.8, 4) is 17.0 Å². The van der Waals surface area contributed by atoms with Gasteiger partial charge in [0, 0.05) is 18.2 Å². The molecule has 0 aliphatic carbocycles. The maximum Gasteiger partial charge on any atom is 0.270 e. The second-order valence-electron chi connectivity index (χ2n) is 4.22. The second kappa shape index (κ2) is 5.27. The zero-order valence-corrected chi connectivity index (χ0v) is 10.9. The number of benzene rings is 1. The summed E-state index contributed by atoms with van der Waals surface area (Å²) in [6, 6.07) is 4.57. The minimum atomic E-state index is -0.469. The van der Waals surface area contributed by atoms with Crippen LogP contribution in [0.4, 0.5) is 4.39 Å². The number of aryl methyl sites for hydroxylation is 1. The van der Waals surface area contributed by atoms with Gasteiger partial charge in [0.05, 0.1) is 12.8 Å². The molecule has 102 valence electrons. The number of aromatic amines is 1. The first-order valence-corrected chi connectivity index (χ1v) is 5.90. The van der Waals surface area contributed by atoms with Crippen molar-refractivity contribution in [1.29, 1.82) is 0 Å². The van der Waals surface area contributed by atoms with Crippen LogP contribution in [0.25, 0.3) is 11.3 Å². The Balaban J connectivity index is 2.55. The molecule has 1 aromatic carbocycles. The van der Waals surface area contributed by atoms with E-state index in [0.29, 0.717) is 29.8 Å². The highest BCUT2D eigenvalue weighted by atomic mass is 19.1. The Kier molecular flexibility index (Phi) is 3.71. The van der Waals surface area contributed by atoms with Crippen molar-refractivity contribution < 1.29 is 9.13 Å². The first kappa shape index (κ1) is 13.4. The third kappa shape index (κ3) is 2.39. The van der Waals surface area contributed by atoms with Crippen LogP contribution in [0.3, 0.4) is 0 Å². The summed E-state index contributed by atoms with van der Waals surface area (Å²) in [5.41, 5.74) is 7.12. The molecule has 0 unspecified atom stereocenters. The largest absolute Gasteiger partial charge is 0.494 e. The van der Waals surface area contributed by atoms with Gasteiger partial charge in [-0.3, -0.25) is 14.6 Å². The quantitative estimate of drug-likeness (QED) is 0.867. The molecule has 0 radical (unpaired) electrons. The lowest BCUT2D eigenvalue weighted by atomic mass is 10.1. The first-order chi connectivity index (χ1) is 9.08. The summed E-state index contributed by atoms with van der Waals surface area (Å²) in [5, 5.41) is 2.92. The van der Waals surface area contributed by atoms with E-state index in [2.05, 4.69) is 5.10 Å². The molecule has 2 aromatic rings. The molecular weight excluding hydrogens is 249 g/mol. The van der Waals surface area contributed by atoms with Gasteiger partial charge >= 0.3 is 0 Å². The predicted molar refractivity (Wildman–Crippen MR) is 70.7 cm³/mol. The van der Waals surface area contributed by atoms with Crippen LogP contribution in [0.5, 0.6) is 5.75 Å². The average Bonchev–Trinajstić information content (AvgIpc) is 2.67. The Bertz CT molecular complexity index is 646. The lowest BCUT2D eigenvalue weighted by molar-refractivity contribution is 0.386. The van der Waals surface area contributed by atoms with Gasteiger partial charge in [-0.15, -0.1) is 0 Å². The summed E-state index contributed by atoms with van der Waals surface area (Å²) in [6.45, 7) is 0.360. The number of halogens is 1. The minimum Gasteiger partial charge on any atom is -0.494 e. The number of nitrogens with zero attached hydrogens (tertiary/aromatic N) is 1. The lowest BCUT2D eigenvalue weighted by Crippen LogP contribution is -2.17. The molecular formula is C13H16FN3O2. The van der Waals surface area contributed by atoms with E-state index in [1.807, 2.05) is 0 Å². The molecule has 0 spiro atoms. The maximum absolute atomic E-state index is 13.7. The third-order valence-electron chi connectivity index (χ3n) is 2.98. The van der Waals surface area contributed by atoms with Crippen LogP contribution in [0.1, 0.15) is 5.56 Å². The molecule has 0 saturated heterocycles. The van der Waals surface area contributed by atoms with Crippen LogP contribution >= 0.6 is 0 Å². The fourth-order valence-electron chi connectivity index (χ4n) is 2.03. The molecule has 19 heavy (non-hydrogen) atoms. The number of rotatable bonds is 4. The fraction of sp³-hybridized carbons (Fsp3) is 0.308. The summed E-state index contributed by atoms with van der Waals surface area (Å²) in [7, 11) is 3.02. The van der Waals surface area contributed by atoms with E-state index in [1.165, 1.54) is 23.9 Å². The standard InChI is InChI=1S/C13H16FN3O2/c1-17-13(18)9(5-6-15)12(16-17)8-3-4-11(19-2)10(14)7-8/h3-4,7,16H,5-6,15H2,1-2H3. The third-order valence-corrected chi connectivity index (χ3v) is 2.98. The van der Waals surface area contributed by atoms with Gasteiger partial charge < -0.3 is 10.5 Å². The molecule has 0 aliphatic rings. The molecule has 0 fully saturated rings. The Morgan fingerprint density at radius 1 is 1.47 bits per heavy atom. The smallest absolute Gasteiger partial charge is 0.270 e. The van der Waals surface area contributed by atoms with E-state index in [9.17, 15) is 9.18 Å². The van der Waals surface area contributed by atoms with Crippen molar-refractivity contribution in [3.05, 3.63) is 39.9 Å². The van der Waals surface area contributed by atoms with E-state index in [1.54, 1.807) is 13.1 Å². The van der Waals surface area contributed by atoms with Crippen LogP contribution in [0.2, 0.25) is 0 Å². The zero-order valence-electron chi connectivity index (χ0n) is 10.9. The van der Waals surface area contributed by atoms with Gasteiger partial charge in [0.1, 0.15) is 0 Å². The van der Waals surface area contributed by atoms with E-state index >= 15 is 0 Å². The molecule has 3 N–H and O–H groups in total. The number of hydrogen-bond donors (Lipinski definition) is 2. The second-order valence-corrected chi connectivity index (χ2v) is 4.22. The number of H-pyrrole nitrogens is 1. The van der Waals surface area contributed by atoms with Crippen molar-refractivity contribution >= 4 is 0 Å². The van der Waals surface area contributed by atoms with E-state index in [0.717, 1.165) is 0 Å². The van der Waals surface area contributed by atoms with Crippen molar-refractivity contribution in [3.63, 3.8) is 0 Å². The molecule has 0 aliphatic heterocycles. The maximum atomic E-state index is 13.7. The monoisotopic (exact) mass is 265 g/mol.